The first-order valence-corrected chi connectivity index (χ1v) is 8.16. The number of hydrogen-bond acceptors (Lipinski definition) is 4. The van der Waals surface area contributed by atoms with Gasteiger partial charge in [0.05, 0.1) is 7.11 Å². The van der Waals surface area contributed by atoms with E-state index in [1.54, 1.807) is 0 Å². The Kier molecular flexibility index (Phi) is 6.23. The minimum Gasteiger partial charge on any atom is -0.468 e. The molecule has 0 radical (unpaired) electrons. The molecule has 0 spiro atoms. The van der Waals surface area contributed by atoms with Gasteiger partial charge in [-0.2, -0.15) is 0 Å². The van der Waals surface area contributed by atoms with Crippen LogP contribution in [-0.4, -0.2) is 49.2 Å². The number of carbonyl (C=O) groups is 1. The van der Waals surface area contributed by atoms with Crippen molar-refractivity contribution in [3.63, 3.8) is 0 Å². The van der Waals surface area contributed by atoms with Gasteiger partial charge in [-0.1, -0.05) is 20.8 Å². The standard InChI is InChI=1S/C17H34N2O2/c1-13(16(2,3)4)19(6)12-8-11-17(5,15(20)21-7)18-14-9-10-14/h13-14,18H,8-12H2,1-7H3. The molecule has 0 aromatic rings. The molecule has 0 heterocycles. The molecule has 4 nitrogen and oxygen atoms in total. The Hall–Kier alpha value is -0.610. The van der Waals surface area contributed by atoms with Crippen molar-refractivity contribution in [1.82, 2.24) is 10.2 Å². The average Bonchev–Trinajstić information content (AvgIpc) is 3.19. The molecule has 21 heavy (non-hydrogen) atoms. The van der Waals surface area contributed by atoms with E-state index in [4.69, 9.17) is 4.74 Å². The molecule has 0 saturated heterocycles. The Labute approximate surface area is 130 Å². The fraction of sp³-hybridized carbons (Fsp3) is 0.941. The predicted octanol–water partition coefficient (Wildman–Crippen LogP) is 2.82. The third-order valence-corrected chi connectivity index (χ3v) is 4.84. The first-order chi connectivity index (χ1) is 9.60. The lowest BCUT2D eigenvalue weighted by Crippen LogP contribution is -2.51. The SMILES string of the molecule is COC(=O)C(C)(CCCN(C)C(C)C(C)(C)C)NC1CC1. The minimum atomic E-state index is -0.540. The van der Waals surface area contributed by atoms with Crippen LogP contribution in [0.5, 0.6) is 0 Å². The molecule has 2 atom stereocenters. The highest BCUT2D eigenvalue weighted by molar-refractivity contribution is 5.80. The van der Waals surface area contributed by atoms with Crippen LogP contribution in [0.4, 0.5) is 0 Å². The summed E-state index contributed by atoms with van der Waals surface area (Å²) in [7, 11) is 3.64. The summed E-state index contributed by atoms with van der Waals surface area (Å²) in [4.78, 5) is 14.5. The van der Waals surface area contributed by atoms with Gasteiger partial charge in [0.25, 0.3) is 0 Å². The summed E-state index contributed by atoms with van der Waals surface area (Å²) in [6.45, 7) is 12.0. The lowest BCUT2D eigenvalue weighted by Gasteiger charge is -2.36. The molecule has 1 rings (SSSR count). The minimum absolute atomic E-state index is 0.138. The van der Waals surface area contributed by atoms with E-state index in [9.17, 15) is 4.79 Å². The van der Waals surface area contributed by atoms with Crippen molar-refractivity contribution in [2.24, 2.45) is 5.41 Å². The van der Waals surface area contributed by atoms with Gasteiger partial charge in [0.15, 0.2) is 0 Å². The molecule has 1 N–H and O–H groups in total. The molecule has 0 aliphatic heterocycles. The third-order valence-electron chi connectivity index (χ3n) is 4.84. The quantitative estimate of drug-likeness (QED) is 0.700. The second-order valence-corrected chi connectivity index (χ2v) is 7.87. The van der Waals surface area contributed by atoms with Gasteiger partial charge in [-0.05, 0) is 58.5 Å². The van der Waals surface area contributed by atoms with E-state index < -0.39 is 5.54 Å². The normalized spacial score (nSPS) is 20.2. The Morgan fingerprint density at radius 1 is 1.33 bits per heavy atom. The van der Waals surface area contributed by atoms with Gasteiger partial charge in [0.1, 0.15) is 5.54 Å². The maximum atomic E-state index is 12.1. The highest BCUT2D eigenvalue weighted by Gasteiger charge is 2.39. The molecular weight excluding hydrogens is 264 g/mol. The van der Waals surface area contributed by atoms with Crippen LogP contribution in [-0.2, 0) is 9.53 Å². The third kappa shape index (κ3) is 5.59. The average molecular weight is 298 g/mol. The second-order valence-electron chi connectivity index (χ2n) is 7.87. The fourth-order valence-electron chi connectivity index (χ4n) is 2.67. The first-order valence-electron chi connectivity index (χ1n) is 8.16. The Morgan fingerprint density at radius 2 is 1.90 bits per heavy atom. The van der Waals surface area contributed by atoms with E-state index in [0.717, 1.165) is 19.4 Å². The van der Waals surface area contributed by atoms with Crippen LogP contribution in [0.2, 0.25) is 0 Å². The summed E-state index contributed by atoms with van der Waals surface area (Å²) in [6.07, 6.45) is 4.15. The van der Waals surface area contributed by atoms with Gasteiger partial charge in [0.2, 0.25) is 0 Å². The van der Waals surface area contributed by atoms with Gasteiger partial charge in [-0.25, -0.2) is 0 Å². The van der Waals surface area contributed by atoms with E-state index in [0.29, 0.717) is 12.1 Å². The zero-order chi connectivity index (χ0) is 16.3. The lowest BCUT2D eigenvalue weighted by molar-refractivity contribution is -0.148. The van der Waals surface area contributed by atoms with E-state index >= 15 is 0 Å². The van der Waals surface area contributed by atoms with Gasteiger partial charge in [-0.3, -0.25) is 10.1 Å². The molecule has 1 saturated carbocycles. The molecular formula is C17H34N2O2. The van der Waals surface area contributed by atoms with Crippen LogP contribution in [0, 0.1) is 5.41 Å². The van der Waals surface area contributed by atoms with Crippen LogP contribution in [0.15, 0.2) is 0 Å². The van der Waals surface area contributed by atoms with Crippen LogP contribution < -0.4 is 5.32 Å². The summed E-state index contributed by atoms with van der Waals surface area (Å²) < 4.78 is 4.99. The fourth-order valence-corrected chi connectivity index (χ4v) is 2.67. The van der Waals surface area contributed by atoms with Crippen molar-refractivity contribution >= 4 is 5.97 Å². The maximum absolute atomic E-state index is 12.1. The summed E-state index contributed by atoms with van der Waals surface area (Å²) in [6, 6.07) is 1.01. The summed E-state index contributed by atoms with van der Waals surface area (Å²) in [5.41, 5.74) is -0.269. The van der Waals surface area contributed by atoms with E-state index in [1.165, 1.54) is 20.0 Å². The highest BCUT2D eigenvalue weighted by Crippen LogP contribution is 2.27. The molecule has 1 fully saturated rings. The lowest BCUT2D eigenvalue weighted by atomic mass is 9.87. The smallest absolute Gasteiger partial charge is 0.325 e. The van der Waals surface area contributed by atoms with Crippen molar-refractivity contribution in [3.05, 3.63) is 0 Å². The monoisotopic (exact) mass is 298 g/mol. The largest absolute Gasteiger partial charge is 0.468 e. The molecule has 0 aromatic carbocycles. The molecule has 2 unspecified atom stereocenters. The molecule has 4 heteroatoms. The molecule has 124 valence electrons. The van der Waals surface area contributed by atoms with Gasteiger partial charge >= 0.3 is 5.97 Å². The van der Waals surface area contributed by atoms with Crippen molar-refractivity contribution in [3.8, 4) is 0 Å². The molecule has 0 aromatic heterocycles. The van der Waals surface area contributed by atoms with Crippen LogP contribution in [0.1, 0.15) is 60.3 Å². The Bertz CT molecular complexity index is 347. The van der Waals surface area contributed by atoms with Gasteiger partial charge in [-0.15, -0.1) is 0 Å². The van der Waals surface area contributed by atoms with Crippen molar-refractivity contribution < 1.29 is 9.53 Å². The highest BCUT2D eigenvalue weighted by atomic mass is 16.5. The number of nitrogens with zero attached hydrogens (tertiary/aromatic N) is 1. The number of nitrogens with one attached hydrogen (secondary N) is 1. The Balaban J connectivity index is 2.48. The molecule has 1 aliphatic rings. The zero-order valence-electron chi connectivity index (χ0n) is 15.0. The molecule has 0 bridgehead atoms. The number of esters is 1. The van der Waals surface area contributed by atoms with E-state index in [1.807, 2.05) is 6.92 Å². The summed E-state index contributed by atoms with van der Waals surface area (Å²) >= 11 is 0. The predicted molar refractivity (Wildman–Crippen MR) is 87.4 cm³/mol. The number of hydrogen-bond donors (Lipinski definition) is 1. The van der Waals surface area contributed by atoms with Gasteiger partial charge in [0, 0.05) is 12.1 Å². The first kappa shape index (κ1) is 18.4. The van der Waals surface area contributed by atoms with E-state index in [-0.39, 0.29) is 11.4 Å². The van der Waals surface area contributed by atoms with Crippen LogP contribution in [0.3, 0.4) is 0 Å². The zero-order valence-corrected chi connectivity index (χ0v) is 15.0. The topological polar surface area (TPSA) is 41.6 Å². The number of methoxy groups -OCH3 is 1. The number of rotatable bonds is 8. The van der Waals surface area contributed by atoms with Crippen LogP contribution in [0.25, 0.3) is 0 Å². The van der Waals surface area contributed by atoms with Gasteiger partial charge < -0.3 is 9.64 Å². The van der Waals surface area contributed by atoms with Crippen molar-refractivity contribution in [2.45, 2.75) is 77.9 Å². The summed E-state index contributed by atoms with van der Waals surface area (Å²) in [5, 5.41) is 3.46. The Morgan fingerprint density at radius 3 is 2.33 bits per heavy atom. The number of ether oxygens (including phenoxy) is 1. The van der Waals surface area contributed by atoms with Crippen molar-refractivity contribution in [1.29, 1.82) is 0 Å². The van der Waals surface area contributed by atoms with E-state index in [2.05, 4.69) is 45.0 Å². The van der Waals surface area contributed by atoms with Crippen molar-refractivity contribution in [2.75, 3.05) is 20.7 Å². The second kappa shape index (κ2) is 7.10. The summed E-state index contributed by atoms with van der Waals surface area (Å²) in [5.74, 6) is -0.138. The molecule has 0 amide bonds. The maximum Gasteiger partial charge on any atom is 0.325 e. The molecule has 1 aliphatic carbocycles. The number of carbonyl (C=O) groups excluding carboxylic acids is 1. The van der Waals surface area contributed by atoms with Crippen LogP contribution >= 0.6 is 0 Å².